The first kappa shape index (κ1) is 20.6. The molecule has 2 aromatic rings. The Morgan fingerprint density at radius 2 is 2.25 bits per heavy atom. The Labute approximate surface area is 172 Å². The summed E-state index contributed by atoms with van der Waals surface area (Å²) in [5.41, 5.74) is 0.736. The van der Waals surface area contributed by atoms with Crippen molar-refractivity contribution in [1.29, 1.82) is 0 Å². The molecule has 9 heteroatoms. The van der Waals surface area contributed by atoms with Gasteiger partial charge in [0.15, 0.2) is 4.34 Å². The number of rotatable bonds is 8. The number of nitrogens with one attached hydrogen (secondary N) is 1. The van der Waals surface area contributed by atoms with E-state index in [2.05, 4.69) is 29.4 Å². The van der Waals surface area contributed by atoms with Gasteiger partial charge in [-0.3, -0.25) is 9.59 Å². The van der Waals surface area contributed by atoms with Crippen molar-refractivity contribution in [2.75, 3.05) is 29.6 Å². The fourth-order valence-electron chi connectivity index (χ4n) is 2.82. The van der Waals surface area contributed by atoms with Crippen molar-refractivity contribution in [3.63, 3.8) is 0 Å². The zero-order chi connectivity index (χ0) is 20.1. The van der Waals surface area contributed by atoms with E-state index >= 15 is 0 Å². The number of hydrogen-bond acceptors (Lipinski definition) is 7. The van der Waals surface area contributed by atoms with Gasteiger partial charge in [0, 0.05) is 30.5 Å². The molecule has 0 radical (unpaired) electrons. The molecule has 2 heterocycles. The highest BCUT2D eigenvalue weighted by Crippen LogP contribution is 2.30. The number of ether oxygens (including phenoxy) is 1. The minimum absolute atomic E-state index is 0.0735. The molecule has 1 atom stereocenters. The third-order valence-corrected chi connectivity index (χ3v) is 6.42. The van der Waals surface area contributed by atoms with E-state index in [9.17, 15) is 9.59 Å². The normalized spacial score (nSPS) is 16.6. The van der Waals surface area contributed by atoms with E-state index in [0.29, 0.717) is 23.3 Å². The standard InChI is InChI=1S/C19H24N4O3S2/c1-12(2)7-8-27-19-22-21-18(28-19)20-17(25)13-9-16(24)23(11-13)14-5-4-6-15(10-14)26-3/h4-6,10,12-13H,7-9,11H2,1-3H3,(H,20,21,25)/t13-/m1/s1. The maximum atomic E-state index is 12.6. The summed E-state index contributed by atoms with van der Waals surface area (Å²) in [6.07, 6.45) is 1.29. The Balaban J connectivity index is 1.57. The molecule has 3 rings (SSSR count). The number of methoxy groups -OCH3 is 1. The molecule has 0 spiro atoms. The molecular formula is C19H24N4O3S2. The maximum Gasteiger partial charge on any atom is 0.231 e. The van der Waals surface area contributed by atoms with Gasteiger partial charge in [0.05, 0.1) is 13.0 Å². The second-order valence-electron chi connectivity index (χ2n) is 7.00. The molecule has 1 aromatic heterocycles. The third kappa shape index (κ3) is 5.23. The topological polar surface area (TPSA) is 84.4 Å². The molecule has 150 valence electrons. The van der Waals surface area contributed by atoms with Crippen molar-refractivity contribution in [2.45, 2.75) is 31.0 Å². The highest BCUT2D eigenvalue weighted by atomic mass is 32.2. The average Bonchev–Trinajstić information content (AvgIpc) is 3.28. The van der Waals surface area contributed by atoms with Gasteiger partial charge in [-0.15, -0.1) is 10.2 Å². The number of aromatic nitrogens is 2. The lowest BCUT2D eigenvalue weighted by atomic mass is 10.1. The molecule has 1 fully saturated rings. The summed E-state index contributed by atoms with van der Waals surface area (Å²) in [5.74, 6) is 1.61. The predicted octanol–water partition coefficient (Wildman–Crippen LogP) is 3.68. The van der Waals surface area contributed by atoms with Gasteiger partial charge in [-0.1, -0.05) is 43.0 Å². The number of nitrogens with zero attached hydrogens (tertiary/aromatic N) is 3. The number of thioether (sulfide) groups is 1. The first-order valence-electron chi connectivity index (χ1n) is 9.18. The maximum absolute atomic E-state index is 12.6. The predicted molar refractivity (Wildman–Crippen MR) is 112 cm³/mol. The smallest absolute Gasteiger partial charge is 0.231 e. The summed E-state index contributed by atoms with van der Waals surface area (Å²) in [6.45, 7) is 4.71. The molecular weight excluding hydrogens is 396 g/mol. The summed E-state index contributed by atoms with van der Waals surface area (Å²) < 4.78 is 6.06. The van der Waals surface area contributed by atoms with Gasteiger partial charge in [-0.05, 0) is 24.5 Å². The zero-order valence-corrected chi connectivity index (χ0v) is 17.8. The second-order valence-corrected chi connectivity index (χ2v) is 9.32. The van der Waals surface area contributed by atoms with Crippen LogP contribution in [0.2, 0.25) is 0 Å². The monoisotopic (exact) mass is 420 g/mol. The van der Waals surface area contributed by atoms with Crippen LogP contribution >= 0.6 is 23.1 Å². The van der Waals surface area contributed by atoms with Crippen LogP contribution in [0.5, 0.6) is 5.75 Å². The highest BCUT2D eigenvalue weighted by molar-refractivity contribution is 8.01. The van der Waals surface area contributed by atoms with Gasteiger partial charge < -0.3 is 15.0 Å². The molecule has 0 saturated carbocycles. The van der Waals surface area contributed by atoms with Crippen LogP contribution in [-0.2, 0) is 9.59 Å². The summed E-state index contributed by atoms with van der Waals surface area (Å²) in [7, 11) is 1.58. The molecule has 0 bridgehead atoms. The minimum Gasteiger partial charge on any atom is -0.497 e. The second kappa shape index (κ2) is 9.38. The van der Waals surface area contributed by atoms with E-state index in [0.717, 1.165) is 22.2 Å². The quantitative estimate of drug-likeness (QED) is 0.518. The molecule has 2 amide bonds. The van der Waals surface area contributed by atoms with E-state index in [1.54, 1.807) is 29.8 Å². The van der Waals surface area contributed by atoms with E-state index in [4.69, 9.17) is 4.74 Å². The molecule has 1 aromatic carbocycles. The Morgan fingerprint density at radius 1 is 1.43 bits per heavy atom. The molecule has 0 unspecified atom stereocenters. The zero-order valence-electron chi connectivity index (χ0n) is 16.2. The number of hydrogen-bond donors (Lipinski definition) is 1. The largest absolute Gasteiger partial charge is 0.497 e. The van der Waals surface area contributed by atoms with E-state index in [1.165, 1.54) is 11.3 Å². The van der Waals surface area contributed by atoms with Crippen LogP contribution in [0.4, 0.5) is 10.8 Å². The van der Waals surface area contributed by atoms with Crippen molar-refractivity contribution in [1.82, 2.24) is 10.2 Å². The van der Waals surface area contributed by atoms with Crippen LogP contribution in [0.15, 0.2) is 28.6 Å². The van der Waals surface area contributed by atoms with Crippen LogP contribution < -0.4 is 15.0 Å². The molecule has 7 nitrogen and oxygen atoms in total. The van der Waals surface area contributed by atoms with E-state index < -0.39 is 5.92 Å². The third-order valence-electron chi connectivity index (χ3n) is 4.42. The van der Waals surface area contributed by atoms with E-state index in [-0.39, 0.29) is 18.2 Å². The van der Waals surface area contributed by atoms with Crippen LogP contribution in [0.1, 0.15) is 26.7 Å². The summed E-state index contributed by atoms with van der Waals surface area (Å²) in [4.78, 5) is 26.6. The highest BCUT2D eigenvalue weighted by Gasteiger charge is 2.35. The van der Waals surface area contributed by atoms with Crippen molar-refractivity contribution in [3.05, 3.63) is 24.3 Å². The SMILES string of the molecule is COc1cccc(N2C[C@H](C(=O)Nc3nnc(SCCC(C)C)s3)CC2=O)c1. The van der Waals surface area contributed by atoms with Gasteiger partial charge in [-0.2, -0.15) is 0 Å². The number of carbonyl (C=O) groups is 2. The van der Waals surface area contributed by atoms with E-state index in [1.807, 2.05) is 18.2 Å². The van der Waals surface area contributed by atoms with Crippen LogP contribution in [0, 0.1) is 11.8 Å². The molecule has 1 aliphatic rings. The number of carbonyl (C=O) groups excluding carboxylic acids is 2. The Kier molecular flexibility index (Phi) is 6.90. The van der Waals surface area contributed by atoms with Crippen molar-refractivity contribution in [2.24, 2.45) is 11.8 Å². The van der Waals surface area contributed by atoms with Gasteiger partial charge in [-0.25, -0.2) is 0 Å². The number of amides is 2. The fourth-order valence-corrected chi connectivity index (χ4v) is 4.88. The Morgan fingerprint density at radius 3 is 3.00 bits per heavy atom. The number of anilines is 2. The molecule has 0 aliphatic carbocycles. The van der Waals surface area contributed by atoms with Crippen molar-refractivity contribution in [3.8, 4) is 5.75 Å². The number of benzene rings is 1. The van der Waals surface area contributed by atoms with Crippen LogP contribution in [0.3, 0.4) is 0 Å². The van der Waals surface area contributed by atoms with Crippen LogP contribution in [0.25, 0.3) is 0 Å². The molecule has 1 saturated heterocycles. The summed E-state index contributed by atoms with van der Waals surface area (Å²) in [5, 5.41) is 11.4. The minimum atomic E-state index is -0.417. The first-order valence-corrected chi connectivity index (χ1v) is 11.0. The van der Waals surface area contributed by atoms with Crippen molar-refractivity contribution < 1.29 is 14.3 Å². The van der Waals surface area contributed by atoms with Gasteiger partial charge in [0.2, 0.25) is 16.9 Å². The lowest BCUT2D eigenvalue weighted by Crippen LogP contribution is -2.28. The first-order chi connectivity index (χ1) is 13.5. The molecule has 28 heavy (non-hydrogen) atoms. The van der Waals surface area contributed by atoms with Gasteiger partial charge in [0.1, 0.15) is 5.75 Å². The van der Waals surface area contributed by atoms with Crippen molar-refractivity contribution >= 4 is 45.7 Å². The lowest BCUT2D eigenvalue weighted by Gasteiger charge is -2.17. The Hall–Kier alpha value is -2.13. The molecule has 1 aliphatic heterocycles. The lowest BCUT2D eigenvalue weighted by molar-refractivity contribution is -0.122. The summed E-state index contributed by atoms with van der Waals surface area (Å²) >= 11 is 3.02. The molecule has 1 N–H and O–H groups in total. The van der Waals surface area contributed by atoms with Gasteiger partial charge in [0.25, 0.3) is 0 Å². The van der Waals surface area contributed by atoms with Crippen LogP contribution in [-0.4, -0.2) is 41.4 Å². The average molecular weight is 421 g/mol. The fraction of sp³-hybridized carbons (Fsp3) is 0.474. The Bertz CT molecular complexity index is 840. The summed E-state index contributed by atoms with van der Waals surface area (Å²) in [6, 6.07) is 7.28. The van der Waals surface area contributed by atoms with Gasteiger partial charge >= 0.3 is 0 Å².